The molecule has 2 bridgehead atoms. The van der Waals surface area contributed by atoms with Crippen LogP contribution in [-0.2, 0) is 6.42 Å². The Morgan fingerprint density at radius 1 is 1.22 bits per heavy atom. The van der Waals surface area contributed by atoms with Crippen molar-refractivity contribution in [2.24, 2.45) is 5.92 Å². The number of piperidine rings is 1. The maximum atomic E-state index is 13.1. The zero-order chi connectivity index (χ0) is 18.8. The van der Waals surface area contributed by atoms with Crippen molar-refractivity contribution in [3.05, 3.63) is 46.5 Å². The molecule has 6 heteroatoms. The van der Waals surface area contributed by atoms with Crippen molar-refractivity contribution in [3.8, 4) is 0 Å². The molecule has 2 N–H and O–H groups in total. The van der Waals surface area contributed by atoms with E-state index in [0.717, 1.165) is 49.6 Å². The van der Waals surface area contributed by atoms with E-state index in [4.69, 9.17) is 5.73 Å². The lowest BCUT2D eigenvalue weighted by Gasteiger charge is -2.36. The molecule has 0 radical (unpaired) electrons. The number of aryl methyl sites for hydroxylation is 2. The second kappa shape index (κ2) is 7.98. The van der Waals surface area contributed by atoms with Gasteiger partial charge < -0.3 is 15.5 Å². The van der Waals surface area contributed by atoms with Crippen molar-refractivity contribution in [1.82, 2.24) is 14.8 Å². The highest BCUT2D eigenvalue weighted by atomic mass is 32.1. The highest BCUT2D eigenvalue weighted by Crippen LogP contribution is 2.31. The fourth-order valence-electron chi connectivity index (χ4n) is 4.51. The molecule has 1 aromatic heterocycles. The van der Waals surface area contributed by atoms with Crippen LogP contribution in [0.15, 0.2) is 30.3 Å². The molecule has 5 nitrogen and oxygen atoms in total. The number of aromatic nitrogens is 1. The highest BCUT2D eigenvalue weighted by molar-refractivity contribution is 7.17. The van der Waals surface area contributed by atoms with Crippen LogP contribution in [0, 0.1) is 12.8 Å². The fourth-order valence-corrected chi connectivity index (χ4v) is 5.30. The average Bonchev–Trinajstić information content (AvgIpc) is 2.83. The van der Waals surface area contributed by atoms with Crippen LogP contribution in [0.1, 0.15) is 40.2 Å². The number of benzene rings is 1. The lowest BCUT2D eigenvalue weighted by Crippen LogP contribution is -2.47. The van der Waals surface area contributed by atoms with Crippen molar-refractivity contribution in [1.29, 1.82) is 0 Å². The molecule has 0 saturated carbocycles. The van der Waals surface area contributed by atoms with Crippen LogP contribution in [0.5, 0.6) is 0 Å². The van der Waals surface area contributed by atoms with E-state index in [1.807, 2.05) is 6.92 Å². The van der Waals surface area contributed by atoms with Crippen molar-refractivity contribution < 1.29 is 4.79 Å². The summed E-state index contributed by atoms with van der Waals surface area (Å²) in [6.07, 6.45) is 4.63. The number of anilines is 1. The number of hydrogen-bond acceptors (Lipinski definition) is 5. The maximum absolute atomic E-state index is 13.1. The molecule has 3 aliphatic rings. The van der Waals surface area contributed by atoms with Gasteiger partial charge in [-0.05, 0) is 50.6 Å². The Morgan fingerprint density at radius 3 is 2.78 bits per heavy atom. The number of nitrogens with two attached hydrogens (primary N) is 1. The summed E-state index contributed by atoms with van der Waals surface area (Å²) < 4.78 is 0. The quantitative estimate of drug-likeness (QED) is 0.860. The standard InChI is InChI=1S/C21H28N4OS/c1-15-19(27-21(22)23-15)20(26)25-13-17-9-10-18(25)14-24(12-17)11-5-8-16-6-3-2-4-7-16/h2-4,6-7,17-18H,5,8-14H2,1H3,(H2,22,23)/t17-,18+/m0/s1. The van der Waals surface area contributed by atoms with Gasteiger partial charge in [0.15, 0.2) is 5.13 Å². The minimum absolute atomic E-state index is 0.127. The van der Waals surface area contributed by atoms with Crippen LogP contribution in [0.3, 0.4) is 0 Å². The summed E-state index contributed by atoms with van der Waals surface area (Å²) >= 11 is 1.32. The summed E-state index contributed by atoms with van der Waals surface area (Å²) in [4.78, 5) is 22.7. The summed E-state index contributed by atoms with van der Waals surface area (Å²) in [7, 11) is 0. The Hall–Kier alpha value is -1.92. The van der Waals surface area contributed by atoms with Gasteiger partial charge in [-0.2, -0.15) is 0 Å². The summed E-state index contributed by atoms with van der Waals surface area (Å²) in [5, 5.41) is 0.485. The zero-order valence-corrected chi connectivity index (χ0v) is 16.8. The molecule has 3 saturated heterocycles. The summed E-state index contributed by atoms with van der Waals surface area (Å²) in [5.74, 6) is 0.706. The van der Waals surface area contributed by atoms with Crippen molar-refractivity contribution >= 4 is 22.4 Å². The van der Waals surface area contributed by atoms with Crippen molar-refractivity contribution in [3.63, 3.8) is 0 Å². The van der Waals surface area contributed by atoms with E-state index < -0.39 is 0 Å². The molecule has 3 fully saturated rings. The number of thiazole rings is 1. The lowest BCUT2D eigenvalue weighted by molar-refractivity contribution is 0.0589. The van der Waals surface area contributed by atoms with Crippen LogP contribution in [-0.4, -0.2) is 52.9 Å². The smallest absolute Gasteiger partial charge is 0.266 e. The lowest BCUT2D eigenvalue weighted by atomic mass is 9.95. The topological polar surface area (TPSA) is 62.5 Å². The molecule has 2 aromatic rings. The Balaban J connectivity index is 1.38. The van der Waals surface area contributed by atoms with Gasteiger partial charge in [0.2, 0.25) is 0 Å². The van der Waals surface area contributed by atoms with Gasteiger partial charge in [0.05, 0.1) is 5.69 Å². The highest BCUT2D eigenvalue weighted by Gasteiger charge is 2.38. The summed E-state index contributed by atoms with van der Waals surface area (Å²) in [6, 6.07) is 11.0. The van der Waals surface area contributed by atoms with Crippen LogP contribution in [0.2, 0.25) is 0 Å². The van der Waals surface area contributed by atoms with Gasteiger partial charge in [-0.1, -0.05) is 41.7 Å². The first-order valence-electron chi connectivity index (χ1n) is 9.90. The second-order valence-corrected chi connectivity index (χ2v) is 8.90. The van der Waals surface area contributed by atoms with E-state index in [0.29, 0.717) is 17.1 Å². The predicted octanol–water partition coefficient (Wildman–Crippen LogP) is 3.20. The molecule has 0 aliphatic carbocycles. The van der Waals surface area contributed by atoms with Crippen LogP contribution < -0.4 is 5.73 Å². The van der Waals surface area contributed by atoms with Gasteiger partial charge in [0, 0.05) is 25.7 Å². The van der Waals surface area contributed by atoms with E-state index in [2.05, 4.69) is 45.1 Å². The molecule has 2 atom stereocenters. The average molecular weight is 385 g/mol. The number of hydrogen-bond donors (Lipinski definition) is 1. The number of amides is 1. The number of fused-ring (bicyclic) bond motifs is 4. The molecule has 1 amide bonds. The third kappa shape index (κ3) is 4.17. The predicted molar refractivity (Wildman–Crippen MR) is 110 cm³/mol. The SMILES string of the molecule is Cc1nc(N)sc1C(=O)N1C[C@H]2CC[C@@H]1CN(CCCc1ccccc1)C2. The minimum atomic E-state index is 0.127. The third-order valence-corrected chi connectivity index (χ3v) is 6.81. The normalized spacial score (nSPS) is 22.8. The van der Waals surface area contributed by atoms with Crippen LogP contribution in [0.25, 0.3) is 0 Å². The number of nitrogens with zero attached hydrogens (tertiary/aromatic N) is 3. The molecule has 27 heavy (non-hydrogen) atoms. The van der Waals surface area contributed by atoms with Crippen molar-refractivity contribution in [2.45, 2.75) is 38.6 Å². The number of nitrogen functional groups attached to an aromatic ring is 1. The van der Waals surface area contributed by atoms with Crippen molar-refractivity contribution in [2.75, 3.05) is 31.9 Å². The van der Waals surface area contributed by atoms with E-state index in [-0.39, 0.29) is 5.91 Å². The van der Waals surface area contributed by atoms with Gasteiger partial charge in [-0.25, -0.2) is 4.98 Å². The minimum Gasteiger partial charge on any atom is -0.375 e. The first-order valence-corrected chi connectivity index (χ1v) is 10.7. The molecular formula is C21H28N4OS. The van der Waals surface area contributed by atoms with Gasteiger partial charge >= 0.3 is 0 Å². The monoisotopic (exact) mass is 384 g/mol. The summed E-state index contributed by atoms with van der Waals surface area (Å²) in [6.45, 7) is 5.96. The van der Waals surface area contributed by atoms with E-state index in [1.165, 1.54) is 29.7 Å². The number of rotatable bonds is 5. The molecular weight excluding hydrogens is 356 g/mol. The van der Waals surface area contributed by atoms with Gasteiger partial charge in [-0.15, -0.1) is 0 Å². The Bertz CT molecular complexity index is 791. The van der Waals surface area contributed by atoms with E-state index in [1.54, 1.807) is 0 Å². The number of carbonyl (C=O) groups excluding carboxylic acids is 1. The molecule has 144 valence electrons. The van der Waals surface area contributed by atoms with Crippen LogP contribution >= 0.6 is 11.3 Å². The van der Waals surface area contributed by atoms with Gasteiger partial charge in [-0.3, -0.25) is 4.79 Å². The first-order chi connectivity index (χ1) is 13.1. The zero-order valence-electron chi connectivity index (χ0n) is 15.9. The van der Waals surface area contributed by atoms with E-state index in [9.17, 15) is 4.79 Å². The largest absolute Gasteiger partial charge is 0.375 e. The Labute approximate surface area is 165 Å². The van der Waals surface area contributed by atoms with Gasteiger partial charge in [0.1, 0.15) is 4.88 Å². The first kappa shape index (κ1) is 18.4. The summed E-state index contributed by atoms with van der Waals surface area (Å²) in [5.41, 5.74) is 7.98. The molecule has 0 unspecified atom stereocenters. The molecule has 0 spiro atoms. The molecule has 5 rings (SSSR count). The Kier molecular flexibility index (Phi) is 5.45. The van der Waals surface area contributed by atoms with E-state index >= 15 is 0 Å². The maximum Gasteiger partial charge on any atom is 0.266 e. The Morgan fingerprint density at radius 2 is 2.04 bits per heavy atom. The number of carbonyl (C=O) groups is 1. The molecule has 3 aliphatic heterocycles. The molecule has 4 heterocycles. The molecule has 1 aromatic carbocycles. The van der Waals surface area contributed by atoms with Gasteiger partial charge in [0.25, 0.3) is 5.91 Å². The van der Waals surface area contributed by atoms with Crippen LogP contribution in [0.4, 0.5) is 5.13 Å². The second-order valence-electron chi connectivity index (χ2n) is 7.87. The third-order valence-electron chi connectivity index (χ3n) is 5.84. The fraction of sp³-hybridized carbons (Fsp3) is 0.524.